The lowest BCUT2D eigenvalue weighted by molar-refractivity contribution is -0.151. The van der Waals surface area contributed by atoms with Crippen molar-refractivity contribution in [3.8, 4) is 0 Å². The van der Waals surface area contributed by atoms with E-state index in [1.807, 2.05) is 36.4 Å². The predicted octanol–water partition coefficient (Wildman–Crippen LogP) is 3.85. The average Bonchev–Trinajstić information content (AvgIpc) is 3.35. The summed E-state index contributed by atoms with van der Waals surface area (Å²) in [4.78, 5) is 12.0. The zero-order valence-electron chi connectivity index (χ0n) is 17.1. The Kier molecular flexibility index (Phi) is 5.78. The molecule has 0 saturated heterocycles. The highest BCUT2D eigenvalue weighted by Gasteiger charge is 2.64. The fraction of sp³-hybridized carbons (Fsp3) is 0.435. The van der Waals surface area contributed by atoms with E-state index in [2.05, 4.69) is 45.0 Å². The lowest BCUT2D eigenvalue weighted by Gasteiger charge is -2.43. The Morgan fingerprint density at radius 1 is 1.07 bits per heavy atom. The molecule has 0 bridgehead atoms. The van der Waals surface area contributed by atoms with Gasteiger partial charge in [0.25, 0.3) is 8.32 Å². The van der Waals surface area contributed by atoms with Gasteiger partial charge in [-0.3, -0.25) is 0 Å². The Hall–Kier alpha value is -1.98. The van der Waals surface area contributed by atoms with Gasteiger partial charge in [0.2, 0.25) is 5.67 Å². The summed E-state index contributed by atoms with van der Waals surface area (Å²) in [7, 11) is -2.71. The van der Waals surface area contributed by atoms with Crippen molar-refractivity contribution in [2.75, 3.05) is 13.2 Å². The van der Waals surface area contributed by atoms with Gasteiger partial charge in [-0.25, -0.2) is 9.18 Å². The molecule has 0 heterocycles. The van der Waals surface area contributed by atoms with Gasteiger partial charge in [0.15, 0.2) is 0 Å². The highest BCUT2D eigenvalue weighted by atomic mass is 28.4. The van der Waals surface area contributed by atoms with Gasteiger partial charge in [-0.05, 0) is 22.3 Å². The fourth-order valence-corrected chi connectivity index (χ4v) is 8.59. The Bertz CT molecular complexity index is 764. The van der Waals surface area contributed by atoms with Crippen molar-refractivity contribution in [3.63, 3.8) is 0 Å². The van der Waals surface area contributed by atoms with E-state index < -0.39 is 25.9 Å². The molecule has 3 nitrogen and oxygen atoms in total. The van der Waals surface area contributed by atoms with E-state index in [9.17, 15) is 9.18 Å². The number of rotatable bonds is 7. The summed E-state index contributed by atoms with van der Waals surface area (Å²) in [5.74, 6) is -1.21. The smallest absolute Gasteiger partial charge is 0.344 e. The molecule has 0 spiro atoms. The number of hydrogen-bond donors (Lipinski definition) is 0. The standard InChI is InChI=1S/C23H29FO3Si/c1-5-26-21(25)23(24)16-18(23)17-27-28(22(2,3)4,19-12-8-6-9-13-19)20-14-10-7-11-15-20/h6-15,18H,5,16-17H2,1-4H3/t18-,23-/m1/s1. The van der Waals surface area contributed by atoms with Crippen LogP contribution in [-0.4, -0.2) is 33.2 Å². The molecular weight excluding hydrogens is 371 g/mol. The highest BCUT2D eigenvalue weighted by Crippen LogP contribution is 2.49. The summed E-state index contributed by atoms with van der Waals surface area (Å²) < 4.78 is 26.5. The van der Waals surface area contributed by atoms with Gasteiger partial charge in [0, 0.05) is 18.9 Å². The van der Waals surface area contributed by atoms with Gasteiger partial charge >= 0.3 is 5.97 Å². The molecule has 0 aromatic heterocycles. The summed E-state index contributed by atoms with van der Waals surface area (Å²) in [6.07, 6.45) is 0.171. The number of esters is 1. The topological polar surface area (TPSA) is 35.5 Å². The predicted molar refractivity (Wildman–Crippen MR) is 112 cm³/mol. The van der Waals surface area contributed by atoms with Crippen LogP contribution in [0.3, 0.4) is 0 Å². The van der Waals surface area contributed by atoms with Crippen LogP contribution in [0.2, 0.25) is 5.04 Å². The van der Waals surface area contributed by atoms with E-state index in [0.717, 1.165) is 10.4 Å². The van der Waals surface area contributed by atoms with Crippen LogP contribution in [-0.2, 0) is 14.0 Å². The van der Waals surface area contributed by atoms with Crippen molar-refractivity contribution in [2.24, 2.45) is 5.92 Å². The molecule has 3 rings (SSSR count). The molecule has 1 saturated carbocycles. The van der Waals surface area contributed by atoms with Gasteiger partial charge < -0.3 is 9.16 Å². The maximum Gasteiger partial charge on any atom is 0.344 e. The molecule has 0 unspecified atom stereocenters. The molecule has 5 heteroatoms. The van der Waals surface area contributed by atoms with E-state index in [0.29, 0.717) is 0 Å². The zero-order chi connectivity index (χ0) is 20.4. The number of hydrogen-bond acceptors (Lipinski definition) is 3. The minimum Gasteiger partial charge on any atom is -0.464 e. The second kappa shape index (κ2) is 7.80. The van der Waals surface area contributed by atoms with Gasteiger partial charge in [0.05, 0.1) is 6.61 Å². The maximum atomic E-state index is 14.9. The van der Waals surface area contributed by atoms with E-state index >= 15 is 0 Å². The van der Waals surface area contributed by atoms with Crippen LogP contribution in [0.15, 0.2) is 60.7 Å². The quantitative estimate of drug-likeness (QED) is 0.523. The molecule has 2 atom stereocenters. The third kappa shape index (κ3) is 3.65. The van der Waals surface area contributed by atoms with E-state index in [-0.39, 0.29) is 24.7 Å². The van der Waals surface area contributed by atoms with Crippen LogP contribution in [0.5, 0.6) is 0 Å². The summed E-state index contributed by atoms with van der Waals surface area (Å²) >= 11 is 0. The van der Waals surface area contributed by atoms with Crippen LogP contribution < -0.4 is 10.4 Å². The Labute approximate surface area is 168 Å². The first kappa shape index (κ1) is 20.7. The number of halogens is 1. The second-order valence-corrected chi connectivity index (χ2v) is 12.8. The van der Waals surface area contributed by atoms with Gasteiger partial charge in [0.1, 0.15) is 0 Å². The van der Waals surface area contributed by atoms with Gasteiger partial charge in [-0.1, -0.05) is 81.4 Å². The molecule has 28 heavy (non-hydrogen) atoms. The number of carbonyl (C=O) groups excluding carboxylic acids is 1. The molecule has 2 aromatic carbocycles. The minimum absolute atomic E-state index is 0.171. The Morgan fingerprint density at radius 2 is 1.57 bits per heavy atom. The van der Waals surface area contributed by atoms with Crippen molar-refractivity contribution in [1.82, 2.24) is 0 Å². The van der Waals surface area contributed by atoms with Crippen molar-refractivity contribution in [1.29, 1.82) is 0 Å². The average molecular weight is 401 g/mol. The molecule has 1 aliphatic rings. The summed E-state index contributed by atoms with van der Waals surface area (Å²) in [5, 5.41) is 2.12. The van der Waals surface area contributed by atoms with Crippen LogP contribution in [0.1, 0.15) is 34.1 Å². The van der Waals surface area contributed by atoms with Crippen LogP contribution in [0.4, 0.5) is 4.39 Å². The van der Waals surface area contributed by atoms with Crippen molar-refractivity contribution in [3.05, 3.63) is 60.7 Å². The van der Waals surface area contributed by atoms with Gasteiger partial charge in [-0.2, -0.15) is 0 Å². The summed E-state index contributed by atoms with van der Waals surface area (Å²) in [5.41, 5.74) is -1.90. The number of ether oxygens (including phenoxy) is 1. The van der Waals surface area contributed by atoms with Crippen molar-refractivity contribution < 1.29 is 18.3 Å². The highest BCUT2D eigenvalue weighted by molar-refractivity contribution is 6.99. The Morgan fingerprint density at radius 3 is 2.00 bits per heavy atom. The first-order chi connectivity index (χ1) is 13.3. The third-order valence-corrected chi connectivity index (χ3v) is 10.6. The van der Waals surface area contributed by atoms with Crippen LogP contribution >= 0.6 is 0 Å². The molecule has 150 valence electrons. The third-order valence-electron chi connectivity index (χ3n) is 5.56. The second-order valence-electron chi connectivity index (χ2n) is 8.46. The largest absolute Gasteiger partial charge is 0.464 e. The fourth-order valence-electron chi connectivity index (χ4n) is 3.98. The van der Waals surface area contributed by atoms with E-state index in [1.54, 1.807) is 6.92 Å². The number of benzene rings is 2. The van der Waals surface area contributed by atoms with Crippen molar-refractivity contribution >= 4 is 24.7 Å². The summed E-state index contributed by atoms with van der Waals surface area (Å²) in [6.45, 7) is 8.63. The normalized spacial score (nSPS) is 22.0. The van der Waals surface area contributed by atoms with Crippen molar-refractivity contribution in [2.45, 2.75) is 44.8 Å². The molecule has 0 amide bonds. The number of carbonyl (C=O) groups is 1. The molecule has 1 aliphatic carbocycles. The molecule has 2 aromatic rings. The number of alkyl halides is 1. The zero-order valence-corrected chi connectivity index (χ0v) is 18.1. The van der Waals surface area contributed by atoms with Crippen LogP contribution in [0.25, 0.3) is 0 Å². The van der Waals surface area contributed by atoms with E-state index in [4.69, 9.17) is 9.16 Å². The molecular formula is C23H29FO3Si. The maximum absolute atomic E-state index is 14.9. The van der Waals surface area contributed by atoms with Crippen LogP contribution in [0, 0.1) is 5.92 Å². The summed E-state index contributed by atoms with van der Waals surface area (Å²) in [6, 6.07) is 20.5. The van der Waals surface area contributed by atoms with Gasteiger partial charge in [-0.15, -0.1) is 0 Å². The first-order valence-electron chi connectivity index (χ1n) is 9.87. The minimum atomic E-state index is -2.71. The molecule has 1 fully saturated rings. The SMILES string of the molecule is CCOC(=O)[C@@]1(F)C[C@@H]1CO[Si](c1ccccc1)(c1ccccc1)C(C)(C)C. The molecule has 0 N–H and O–H groups in total. The monoisotopic (exact) mass is 400 g/mol. The van der Waals surface area contributed by atoms with E-state index in [1.165, 1.54) is 0 Å². The first-order valence-corrected chi connectivity index (χ1v) is 11.8. The molecule has 0 aliphatic heterocycles. The Balaban J connectivity index is 1.95. The lowest BCUT2D eigenvalue weighted by atomic mass is 10.2. The lowest BCUT2D eigenvalue weighted by Crippen LogP contribution is -2.66. The molecule has 0 radical (unpaired) electrons.